The minimum Gasteiger partial charge on any atom is -0.497 e. The fourth-order valence-corrected chi connectivity index (χ4v) is 8.56. The Labute approximate surface area is 338 Å². The summed E-state index contributed by atoms with van der Waals surface area (Å²) in [6, 6.07) is 19.9. The zero-order valence-electron chi connectivity index (χ0n) is 34.0. The van der Waals surface area contributed by atoms with Crippen LogP contribution in [0.3, 0.4) is 0 Å². The van der Waals surface area contributed by atoms with Crippen molar-refractivity contribution in [1.82, 2.24) is 24.5 Å². The van der Waals surface area contributed by atoms with E-state index in [1.807, 2.05) is 48.5 Å². The number of anilines is 1. The van der Waals surface area contributed by atoms with Crippen molar-refractivity contribution < 1.29 is 38.3 Å². The quantitative estimate of drug-likeness (QED) is 0.0990. The van der Waals surface area contributed by atoms with Crippen LogP contribution < -0.4 is 23.8 Å². The molecule has 4 atom stereocenters. The van der Waals surface area contributed by atoms with Gasteiger partial charge in [0.15, 0.2) is 11.5 Å². The number of carbonyl (C=O) groups is 1. The van der Waals surface area contributed by atoms with Gasteiger partial charge in [-0.3, -0.25) is 4.90 Å². The van der Waals surface area contributed by atoms with Crippen molar-refractivity contribution in [2.75, 3.05) is 25.7 Å². The van der Waals surface area contributed by atoms with Crippen LogP contribution >= 0.6 is 0 Å². The zero-order chi connectivity index (χ0) is 41.2. The minimum absolute atomic E-state index is 0.0167. The lowest BCUT2D eigenvalue weighted by Gasteiger charge is -2.53. The first-order valence-corrected chi connectivity index (χ1v) is 19.9. The molecule has 7 rings (SSSR count). The summed E-state index contributed by atoms with van der Waals surface area (Å²) in [6.45, 7) is 9.52. The van der Waals surface area contributed by atoms with E-state index in [4.69, 9.17) is 28.9 Å². The van der Waals surface area contributed by atoms with Crippen LogP contribution in [0.25, 0.3) is 5.65 Å². The molecular weight excluding hydrogens is 744 g/mol. The number of hydrogen-bond acceptors (Lipinski definition) is 10. The maximum atomic E-state index is 16.1. The van der Waals surface area contributed by atoms with E-state index in [9.17, 15) is 15.0 Å². The summed E-state index contributed by atoms with van der Waals surface area (Å²) < 4.78 is 40.8. The second kappa shape index (κ2) is 16.7. The first-order valence-electron chi connectivity index (χ1n) is 19.9. The number of halogens is 1. The number of piperidine rings is 1. The molecule has 58 heavy (non-hydrogen) atoms. The summed E-state index contributed by atoms with van der Waals surface area (Å²) in [6.07, 6.45) is 3.06. The second-order valence-electron chi connectivity index (χ2n) is 16.3. The largest absolute Gasteiger partial charge is 0.497 e. The number of amides is 1. The van der Waals surface area contributed by atoms with Crippen LogP contribution in [-0.4, -0.2) is 79.3 Å². The van der Waals surface area contributed by atoms with E-state index in [1.165, 1.54) is 22.8 Å². The van der Waals surface area contributed by atoms with E-state index in [2.05, 4.69) is 37.7 Å². The van der Waals surface area contributed by atoms with Gasteiger partial charge in [0.2, 0.25) is 0 Å². The van der Waals surface area contributed by atoms with Gasteiger partial charge in [-0.25, -0.2) is 18.7 Å². The van der Waals surface area contributed by atoms with Crippen molar-refractivity contribution in [2.45, 2.75) is 103 Å². The summed E-state index contributed by atoms with van der Waals surface area (Å²) in [4.78, 5) is 25.6. The van der Waals surface area contributed by atoms with Crippen LogP contribution in [0.2, 0.25) is 0 Å². The Morgan fingerprint density at radius 3 is 2.21 bits per heavy atom. The molecule has 2 bridgehead atoms. The highest BCUT2D eigenvalue weighted by Crippen LogP contribution is 2.54. The highest BCUT2D eigenvalue weighted by molar-refractivity contribution is 5.68. The molecule has 2 unspecified atom stereocenters. The summed E-state index contributed by atoms with van der Waals surface area (Å²) in [5.41, 5.74) is 1.68. The first-order chi connectivity index (χ1) is 27.8. The predicted molar refractivity (Wildman–Crippen MR) is 216 cm³/mol. The van der Waals surface area contributed by atoms with Gasteiger partial charge in [-0.15, -0.1) is 5.10 Å². The molecule has 2 aromatic heterocycles. The number of hydrogen-bond donors (Lipinski definition) is 2. The molecule has 14 heteroatoms. The van der Waals surface area contributed by atoms with Crippen LogP contribution in [-0.2, 0) is 13.1 Å². The van der Waals surface area contributed by atoms with E-state index >= 15 is 4.39 Å². The predicted octanol–water partition coefficient (Wildman–Crippen LogP) is 8.22. The Morgan fingerprint density at radius 1 is 1.00 bits per heavy atom. The fraction of sp³-hybridized carbons (Fsp3) is 0.455. The van der Waals surface area contributed by atoms with Gasteiger partial charge in [-0.05, 0) is 72.2 Å². The smallest absolute Gasteiger partial charge is 0.408 e. The number of aliphatic hydroxyl groups is 1. The van der Waals surface area contributed by atoms with Gasteiger partial charge in [0.05, 0.1) is 38.3 Å². The van der Waals surface area contributed by atoms with E-state index in [-0.39, 0.29) is 34.8 Å². The SMILES string of the molecule is CCCCOc1nc(N(Cc2ccc(OC)cc2)Cc2ccc(OC)cc2)c2ncc(C(O)c3ccc(OC4C[C@@H]5CC[C@](C(C)(C)C)(C4)N5C(=O)O)cc3F)n2n1. The number of imidazole rings is 1. The number of carboxylic acid groups (broad SMARTS) is 1. The zero-order valence-corrected chi connectivity index (χ0v) is 34.0. The molecule has 0 saturated carbocycles. The van der Waals surface area contributed by atoms with E-state index in [0.29, 0.717) is 49.8 Å². The van der Waals surface area contributed by atoms with Crippen LogP contribution in [0, 0.1) is 11.2 Å². The van der Waals surface area contributed by atoms with Crippen molar-refractivity contribution >= 4 is 17.6 Å². The van der Waals surface area contributed by atoms with Gasteiger partial charge in [-0.1, -0.05) is 58.4 Å². The maximum absolute atomic E-state index is 16.1. The van der Waals surface area contributed by atoms with Gasteiger partial charge in [0.25, 0.3) is 0 Å². The highest BCUT2D eigenvalue weighted by atomic mass is 19.1. The number of unbranched alkanes of at least 4 members (excludes halogenated alkanes) is 1. The number of fused-ring (bicyclic) bond motifs is 3. The van der Waals surface area contributed by atoms with E-state index in [1.54, 1.807) is 25.2 Å². The normalized spacial score (nSPS) is 19.6. The van der Waals surface area contributed by atoms with E-state index < -0.39 is 23.6 Å². The molecule has 0 radical (unpaired) electrons. The van der Waals surface area contributed by atoms with Crippen molar-refractivity contribution in [3.05, 3.63) is 101 Å². The number of benzene rings is 3. The van der Waals surface area contributed by atoms with E-state index in [0.717, 1.165) is 48.3 Å². The number of aromatic nitrogens is 4. The summed E-state index contributed by atoms with van der Waals surface area (Å²) in [5.74, 6) is 1.59. The monoisotopic (exact) mass is 796 g/mol. The van der Waals surface area contributed by atoms with Crippen molar-refractivity contribution in [3.63, 3.8) is 0 Å². The molecule has 2 aliphatic rings. The molecule has 3 aromatic carbocycles. The first kappa shape index (κ1) is 40.6. The van der Waals surface area contributed by atoms with Gasteiger partial charge in [0.1, 0.15) is 35.3 Å². The molecule has 0 aliphatic carbocycles. The Bertz CT molecular complexity index is 2160. The van der Waals surface area contributed by atoms with Gasteiger partial charge in [-0.2, -0.15) is 4.98 Å². The highest BCUT2D eigenvalue weighted by Gasteiger charge is 2.59. The lowest BCUT2D eigenvalue weighted by molar-refractivity contribution is -0.0521. The van der Waals surface area contributed by atoms with Gasteiger partial charge in [0, 0.05) is 43.6 Å². The molecule has 2 fully saturated rings. The minimum atomic E-state index is -1.45. The fourth-order valence-electron chi connectivity index (χ4n) is 8.56. The number of methoxy groups -OCH3 is 2. The van der Waals surface area contributed by atoms with Crippen molar-refractivity contribution in [2.24, 2.45) is 5.41 Å². The molecule has 4 heterocycles. The number of rotatable bonds is 15. The molecule has 2 aliphatic heterocycles. The number of ether oxygens (including phenoxy) is 4. The molecule has 2 N–H and O–H groups in total. The lowest BCUT2D eigenvalue weighted by Crippen LogP contribution is -2.62. The Kier molecular flexibility index (Phi) is 11.7. The average Bonchev–Trinajstić information content (AvgIpc) is 3.74. The molecule has 13 nitrogen and oxygen atoms in total. The number of aliphatic hydroxyl groups excluding tert-OH is 1. The second-order valence-corrected chi connectivity index (χ2v) is 16.3. The Balaban J connectivity index is 1.20. The Morgan fingerprint density at radius 2 is 1.64 bits per heavy atom. The third-order valence-electron chi connectivity index (χ3n) is 11.7. The van der Waals surface area contributed by atoms with Gasteiger partial charge < -0.3 is 34.1 Å². The maximum Gasteiger partial charge on any atom is 0.408 e. The topological polar surface area (TPSA) is 144 Å². The summed E-state index contributed by atoms with van der Waals surface area (Å²) in [7, 11) is 3.25. The third kappa shape index (κ3) is 8.07. The summed E-state index contributed by atoms with van der Waals surface area (Å²) >= 11 is 0. The van der Waals surface area contributed by atoms with Crippen LogP contribution in [0.15, 0.2) is 72.9 Å². The molecule has 308 valence electrons. The molecule has 2 saturated heterocycles. The molecule has 1 amide bonds. The summed E-state index contributed by atoms with van der Waals surface area (Å²) in [5, 5.41) is 26.6. The van der Waals surface area contributed by atoms with Crippen LogP contribution in [0.1, 0.15) is 94.7 Å². The standard InChI is InChI=1S/C44H53FN6O7/c1-7-8-21-57-41-47-40(49(26-28-9-13-31(55-5)14-10-28)27-29-11-15-32(56-6)16-12-29)39-46-25-37(51(39)48-41)38(52)35-18-17-33(23-36(35)45)58-34-22-30-19-20-44(24-34,43(2,3)4)50(30)42(53)54/h9-18,23,25,30,34,38,52H,7-8,19-22,24,26-27H2,1-6H3,(H,53,54)/t30-,34?,38?,44+/m0/s1. The van der Waals surface area contributed by atoms with Crippen LogP contribution in [0.4, 0.5) is 15.0 Å². The molecular formula is C44H53FN6O7. The Hall–Kier alpha value is -5.63. The number of nitrogens with zero attached hydrogens (tertiary/aromatic N) is 6. The van der Waals surface area contributed by atoms with Crippen molar-refractivity contribution in [3.8, 4) is 23.3 Å². The average molecular weight is 797 g/mol. The van der Waals surface area contributed by atoms with Gasteiger partial charge >= 0.3 is 12.1 Å². The molecule has 5 aromatic rings. The van der Waals surface area contributed by atoms with Crippen LogP contribution in [0.5, 0.6) is 23.3 Å². The molecule has 0 spiro atoms. The van der Waals surface area contributed by atoms with Crippen molar-refractivity contribution in [1.29, 1.82) is 0 Å². The lowest BCUT2D eigenvalue weighted by atomic mass is 9.68. The third-order valence-corrected chi connectivity index (χ3v) is 11.7.